The normalized spacial score (nSPS) is 15.3. The minimum Gasteiger partial charge on any atom is -0.487 e. The number of nitrogens with zero attached hydrogens (tertiary/aromatic N) is 3. The third-order valence-corrected chi connectivity index (χ3v) is 6.96. The fourth-order valence-corrected chi connectivity index (χ4v) is 5.32. The summed E-state index contributed by atoms with van der Waals surface area (Å²) in [5.41, 5.74) is 3.77. The standard InChI is InChI=1S/C25H24BrN3O2S/c1-18-15-21(12-11-19(18)7-6-14-30)31-17-23-24(26)28-25(32-22-9-3-2-4-10-22)29(23)20-8-5-13-27-16-20/h3,5,8-9,11-13,15-16,22,30H,2,4,10,14,17H2,1H3. The molecule has 1 aliphatic rings. The number of thioether (sulfide) groups is 1. The minimum atomic E-state index is -0.152. The van der Waals surface area contributed by atoms with Gasteiger partial charge < -0.3 is 9.84 Å². The van der Waals surface area contributed by atoms with E-state index in [9.17, 15) is 0 Å². The molecule has 5 nitrogen and oxygen atoms in total. The van der Waals surface area contributed by atoms with Crippen LogP contribution in [0.25, 0.3) is 5.69 Å². The number of aliphatic hydroxyl groups is 1. The maximum Gasteiger partial charge on any atom is 0.174 e. The predicted molar refractivity (Wildman–Crippen MR) is 131 cm³/mol. The number of allylic oxidation sites excluding steroid dienone is 1. The van der Waals surface area contributed by atoms with Gasteiger partial charge in [0, 0.05) is 17.0 Å². The largest absolute Gasteiger partial charge is 0.487 e. The summed E-state index contributed by atoms with van der Waals surface area (Å²) in [5, 5.41) is 10.3. The molecule has 3 aromatic rings. The Morgan fingerprint density at radius 2 is 2.25 bits per heavy atom. The fourth-order valence-electron chi connectivity index (χ4n) is 3.53. The van der Waals surface area contributed by atoms with E-state index in [4.69, 9.17) is 14.8 Å². The number of hydrogen-bond acceptors (Lipinski definition) is 5. The first-order valence-corrected chi connectivity index (χ1v) is 12.2. The lowest BCUT2D eigenvalue weighted by Gasteiger charge is -2.17. The molecule has 1 unspecified atom stereocenters. The zero-order chi connectivity index (χ0) is 22.3. The van der Waals surface area contributed by atoms with E-state index in [1.807, 2.05) is 43.5 Å². The van der Waals surface area contributed by atoms with E-state index >= 15 is 0 Å². The van der Waals surface area contributed by atoms with Crippen LogP contribution in [0, 0.1) is 18.8 Å². The Bertz CT molecular complexity index is 1170. The van der Waals surface area contributed by atoms with Crippen LogP contribution in [-0.4, -0.2) is 31.5 Å². The topological polar surface area (TPSA) is 60.2 Å². The Balaban J connectivity index is 1.61. The highest BCUT2D eigenvalue weighted by Crippen LogP contribution is 2.35. The van der Waals surface area contributed by atoms with Crippen LogP contribution < -0.4 is 4.74 Å². The van der Waals surface area contributed by atoms with Crippen LogP contribution in [0.5, 0.6) is 5.75 Å². The van der Waals surface area contributed by atoms with E-state index in [0.717, 1.165) is 50.9 Å². The number of hydrogen-bond donors (Lipinski definition) is 1. The Kier molecular flexibility index (Phi) is 7.69. The molecule has 0 radical (unpaired) electrons. The molecule has 0 amide bonds. The lowest BCUT2D eigenvalue weighted by molar-refractivity contribution is 0.297. The highest BCUT2D eigenvalue weighted by atomic mass is 79.9. The molecule has 0 bridgehead atoms. The maximum absolute atomic E-state index is 8.91. The van der Waals surface area contributed by atoms with E-state index in [1.54, 1.807) is 18.0 Å². The quantitative estimate of drug-likeness (QED) is 0.353. The molecule has 1 aromatic carbocycles. The zero-order valence-corrected chi connectivity index (χ0v) is 20.2. The van der Waals surface area contributed by atoms with Crippen molar-refractivity contribution in [2.75, 3.05) is 6.61 Å². The summed E-state index contributed by atoms with van der Waals surface area (Å²) >= 11 is 5.42. The van der Waals surface area contributed by atoms with E-state index in [-0.39, 0.29) is 6.61 Å². The van der Waals surface area contributed by atoms with Gasteiger partial charge in [-0.2, -0.15) is 0 Å². The summed E-state index contributed by atoms with van der Waals surface area (Å²) in [6.45, 7) is 2.18. The molecule has 4 rings (SSSR count). The van der Waals surface area contributed by atoms with Crippen molar-refractivity contribution in [1.82, 2.24) is 14.5 Å². The number of pyridine rings is 1. The summed E-state index contributed by atoms with van der Waals surface area (Å²) in [4.78, 5) is 9.12. The number of aryl methyl sites for hydroxylation is 1. The van der Waals surface area contributed by atoms with Gasteiger partial charge in [0.25, 0.3) is 0 Å². The van der Waals surface area contributed by atoms with Crippen molar-refractivity contribution in [3.63, 3.8) is 0 Å². The lowest BCUT2D eigenvalue weighted by Crippen LogP contribution is -2.09. The van der Waals surface area contributed by atoms with Crippen molar-refractivity contribution in [3.8, 4) is 23.3 Å². The molecule has 32 heavy (non-hydrogen) atoms. The summed E-state index contributed by atoms with van der Waals surface area (Å²) in [6.07, 6.45) is 11.7. The van der Waals surface area contributed by atoms with Gasteiger partial charge in [-0.05, 0) is 78.0 Å². The van der Waals surface area contributed by atoms with Crippen molar-refractivity contribution in [1.29, 1.82) is 0 Å². The van der Waals surface area contributed by atoms with Crippen molar-refractivity contribution in [2.24, 2.45) is 0 Å². The summed E-state index contributed by atoms with van der Waals surface area (Å²) < 4.78 is 9.04. The van der Waals surface area contributed by atoms with E-state index in [1.165, 1.54) is 6.42 Å². The average Bonchev–Trinajstić information content (AvgIpc) is 3.12. The number of halogens is 1. The van der Waals surface area contributed by atoms with E-state index in [2.05, 4.69) is 49.5 Å². The zero-order valence-electron chi connectivity index (χ0n) is 17.8. The van der Waals surface area contributed by atoms with Gasteiger partial charge in [-0.1, -0.05) is 35.8 Å². The average molecular weight is 510 g/mol. The lowest BCUT2D eigenvalue weighted by atomic mass is 10.1. The first-order valence-electron chi connectivity index (χ1n) is 10.5. The molecule has 1 atom stereocenters. The van der Waals surface area contributed by atoms with Crippen molar-refractivity contribution in [3.05, 3.63) is 76.3 Å². The van der Waals surface area contributed by atoms with Crippen LogP contribution in [0.2, 0.25) is 0 Å². The number of rotatable bonds is 6. The Morgan fingerprint density at radius 1 is 1.34 bits per heavy atom. The number of imidazole rings is 1. The molecule has 0 spiro atoms. The summed E-state index contributed by atoms with van der Waals surface area (Å²) in [7, 11) is 0. The second-order valence-corrected chi connectivity index (χ2v) is 9.38. The Labute approximate surface area is 201 Å². The van der Waals surface area contributed by atoms with Crippen molar-refractivity contribution >= 4 is 27.7 Å². The van der Waals surface area contributed by atoms with E-state index < -0.39 is 0 Å². The predicted octanol–water partition coefficient (Wildman–Crippen LogP) is 5.46. The molecule has 2 heterocycles. The second kappa shape index (κ2) is 10.9. The number of ether oxygens (including phenoxy) is 1. The first kappa shape index (κ1) is 22.7. The van der Waals surface area contributed by atoms with Crippen LogP contribution in [0.4, 0.5) is 0 Å². The van der Waals surface area contributed by atoms with Gasteiger partial charge >= 0.3 is 0 Å². The number of aromatic nitrogens is 3. The first-order chi connectivity index (χ1) is 15.7. The van der Waals surface area contributed by atoms with Crippen molar-refractivity contribution in [2.45, 2.75) is 43.2 Å². The molecule has 1 aliphatic carbocycles. The summed E-state index contributed by atoms with van der Waals surface area (Å²) in [5.74, 6) is 6.40. The Hall–Kier alpha value is -2.53. The van der Waals surface area contributed by atoms with Crippen LogP contribution in [0.15, 0.2) is 64.6 Å². The van der Waals surface area contributed by atoms with Crippen LogP contribution in [0.3, 0.4) is 0 Å². The number of aliphatic hydroxyl groups excluding tert-OH is 1. The molecule has 7 heteroatoms. The van der Waals surface area contributed by atoms with Crippen LogP contribution in [0.1, 0.15) is 36.1 Å². The van der Waals surface area contributed by atoms with Crippen LogP contribution >= 0.6 is 27.7 Å². The molecular formula is C25H24BrN3O2S. The molecular weight excluding hydrogens is 486 g/mol. The van der Waals surface area contributed by atoms with Gasteiger partial charge in [-0.3, -0.25) is 9.55 Å². The third kappa shape index (κ3) is 5.44. The number of benzene rings is 1. The minimum absolute atomic E-state index is 0.152. The van der Waals surface area contributed by atoms with Crippen molar-refractivity contribution < 1.29 is 9.84 Å². The van der Waals surface area contributed by atoms with Crippen LogP contribution in [-0.2, 0) is 6.61 Å². The van der Waals surface area contributed by atoms with Gasteiger partial charge in [-0.15, -0.1) is 0 Å². The molecule has 164 valence electrons. The highest BCUT2D eigenvalue weighted by Gasteiger charge is 2.21. The Morgan fingerprint density at radius 3 is 2.97 bits per heavy atom. The van der Waals surface area contributed by atoms with Gasteiger partial charge in [0.2, 0.25) is 0 Å². The van der Waals surface area contributed by atoms with Gasteiger partial charge in [-0.25, -0.2) is 4.98 Å². The molecule has 2 aromatic heterocycles. The molecule has 0 saturated carbocycles. The maximum atomic E-state index is 8.91. The SMILES string of the molecule is Cc1cc(OCc2c(Br)nc(SC3C=CCCC3)n2-c2cccnc2)ccc1C#CCO. The molecule has 0 fully saturated rings. The monoisotopic (exact) mass is 509 g/mol. The molecule has 1 N–H and O–H groups in total. The second-order valence-electron chi connectivity index (χ2n) is 7.42. The highest BCUT2D eigenvalue weighted by molar-refractivity contribution is 9.10. The van der Waals surface area contributed by atoms with Gasteiger partial charge in [0.15, 0.2) is 5.16 Å². The summed E-state index contributed by atoms with van der Waals surface area (Å²) in [6, 6.07) is 9.73. The van der Waals surface area contributed by atoms with Gasteiger partial charge in [0.05, 0.1) is 17.6 Å². The van der Waals surface area contributed by atoms with Gasteiger partial charge in [0.1, 0.15) is 23.6 Å². The molecule has 0 saturated heterocycles. The van der Waals surface area contributed by atoms with E-state index in [0.29, 0.717) is 11.9 Å². The smallest absolute Gasteiger partial charge is 0.174 e. The third-order valence-electron chi connectivity index (χ3n) is 5.14. The fraction of sp³-hybridized carbons (Fsp3) is 0.280. The molecule has 0 aliphatic heterocycles.